The van der Waals surface area contributed by atoms with Crippen molar-refractivity contribution >= 4 is 6.21 Å². The molecule has 0 saturated carbocycles. The lowest BCUT2D eigenvalue weighted by Crippen LogP contribution is -1.86. The fourth-order valence-corrected chi connectivity index (χ4v) is 0.633. The molecule has 0 amide bonds. The minimum Gasteiger partial charge on any atom is -0.399 e. The van der Waals surface area contributed by atoms with E-state index in [0.29, 0.717) is 5.56 Å². The van der Waals surface area contributed by atoms with Crippen molar-refractivity contribution in [1.29, 1.82) is 0 Å². The van der Waals surface area contributed by atoms with Crippen LogP contribution in [0.3, 0.4) is 0 Å². The summed E-state index contributed by atoms with van der Waals surface area (Å²) in [4.78, 5) is 4.39. The van der Waals surface area contributed by atoms with E-state index in [1.165, 1.54) is 31.5 Å². The smallest absolute Gasteiger partial charge is 0.132 e. The third-order valence-corrected chi connectivity index (χ3v) is 1.14. The van der Waals surface area contributed by atoms with E-state index in [9.17, 15) is 4.39 Å². The van der Waals surface area contributed by atoms with Crippen molar-refractivity contribution in [2.75, 3.05) is 7.11 Å². The quantitative estimate of drug-likeness (QED) is 0.466. The van der Waals surface area contributed by atoms with Gasteiger partial charge in [0.05, 0.1) is 6.21 Å². The fraction of sp³-hybridized carbons (Fsp3) is 0.125. The molecule has 1 aromatic rings. The van der Waals surface area contributed by atoms with Gasteiger partial charge in [-0.1, -0.05) is 11.2 Å². The van der Waals surface area contributed by atoms with Crippen LogP contribution in [0.4, 0.5) is 4.39 Å². The Hall–Kier alpha value is -1.38. The van der Waals surface area contributed by atoms with Crippen LogP contribution in [-0.4, -0.2) is 13.3 Å². The predicted octanol–water partition coefficient (Wildman–Crippen LogP) is 1.61. The Morgan fingerprint density at radius 3 is 3.18 bits per heavy atom. The van der Waals surface area contributed by atoms with Crippen molar-refractivity contribution in [2.45, 2.75) is 0 Å². The normalized spacial score (nSPS) is 10.4. The highest BCUT2D eigenvalue weighted by Crippen LogP contribution is 2.01. The molecule has 57 valence electrons. The van der Waals surface area contributed by atoms with Crippen LogP contribution in [0.2, 0.25) is 0 Å². The zero-order valence-corrected chi connectivity index (χ0v) is 6.04. The van der Waals surface area contributed by atoms with E-state index in [1.54, 1.807) is 0 Å². The number of benzene rings is 1. The van der Waals surface area contributed by atoms with Gasteiger partial charge in [-0.15, -0.1) is 0 Å². The predicted molar refractivity (Wildman–Crippen MR) is 39.8 cm³/mol. The lowest BCUT2D eigenvalue weighted by molar-refractivity contribution is 0.215. The largest absolute Gasteiger partial charge is 0.399 e. The Kier molecular flexibility index (Phi) is 2.60. The first kappa shape index (κ1) is 7.72. The van der Waals surface area contributed by atoms with E-state index in [0.717, 1.165) is 0 Å². The zero-order valence-electron chi connectivity index (χ0n) is 6.04. The van der Waals surface area contributed by atoms with Gasteiger partial charge in [-0.25, -0.2) is 4.39 Å². The number of hydrogen-bond acceptors (Lipinski definition) is 2. The van der Waals surface area contributed by atoms with Crippen LogP contribution in [0.1, 0.15) is 5.56 Å². The van der Waals surface area contributed by atoms with Crippen molar-refractivity contribution in [3.63, 3.8) is 0 Å². The highest BCUT2D eigenvalue weighted by Gasteiger charge is 1.94. The molecule has 0 aliphatic heterocycles. The molecule has 0 aliphatic rings. The topological polar surface area (TPSA) is 21.6 Å². The molecule has 0 bridgehead atoms. The van der Waals surface area contributed by atoms with Gasteiger partial charge in [0.1, 0.15) is 12.9 Å². The molecule has 1 rings (SSSR count). The lowest BCUT2D eigenvalue weighted by atomic mass is 10.2. The summed E-state index contributed by atoms with van der Waals surface area (Å²) in [7, 11) is 1.40. The van der Waals surface area contributed by atoms with Crippen molar-refractivity contribution in [3.05, 3.63) is 35.6 Å². The number of halogens is 1. The Labute approximate surface area is 64.3 Å². The van der Waals surface area contributed by atoms with Gasteiger partial charge < -0.3 is 4.84 Å². The summed E-state index contributed by atoms with van der Waals surface area (Å²) in [6, 6.07) is 7.04. The van der Waals surface area contributed by atoms with Crippen molar-refractivity contribution in [3.8, 4) is 0 Å². The number of nitrogens with zero attached hydrogens (tertiary/aromatic N) is 1. The highest BCUT2D eigenvalue weighted by atomic mass is 19.1. The molecular weight excluding hydrogens is 145 g/mol. The molecule has 0 unspecified atom stereocenters. The molecule has 2 nitrogen and oxygen atoms in total. The molecule has 0 aliphatic carbocycles. The average molecular weight is 152 g/mol. The maximum atomic E-state index is 12.7. The van der Waals surface area contributed by atoms with E-state index in [1.807, 2.05) is 0 Å². The van der Waals surface area contributed by atoms with Gasteiger partial charge in [0, 0.05) is 5.56 Å². The molecule has 1 aromatic carbocycles. The van der Waals surface area contributed by atoms with Crippen LogP contribution in [0.5, 0.6) is 0 Å². The van der Waals surface area contributed by atoms with Gasteiger partial charge in [-0.3, -0.25) is 0 Å². The van der Waals surface area contributed by atoms with Gasteiger partial charge in [0.2, 0.25) is 0 Å². The summed E-state index contributed by atoms with van der Waals surface area (Å²) in [5.41, 5.74) is 0.370. The third-order valence-electron chi connectivity index (χ3n) is 1.14. The SMILES string of the molecule is CO/N=C/c1c[c]ccc1F. The second-order valence-corrected chi connectivity index (χ2v) is 1.86. The Morgan fingerprint density at radius 1 is 1.73 bits per heavy atom. The van der Waals surface area contributed by atoms with Gasteiger partial charge in [0.25, 0.3) is 0 Å². The molecule has 0 saturated heterocycles. The number of oxime groups is 1. The summed E-state index contributed by atoms with van der Waals surface area (Å²) >= 11 is 0. The van der Waals surface area contributed by atoms with Crippen molar-refractivity contribution in [1.82, 2.24) is 0 Å². The van der Waals surface area contributed by atoms with E-state index >= 15 is 0 Å². The van der Waals surface area contributed by atoms with Gasteiger partial charge in [-0.2, -0.15) is 0 Å². The fourth-order valence-electron chi connectivity index (χ4n) is 0.633. The monoisotopic (exact) mass is 152 g/mol. The van der Waals surface area contributed by atoms with Crippen LogP contribution in [0, 0.1) is 11.9 Å². The summed E-state index contributed by atoms with van der Waals surface area (Å²) < 4.78 is 12.7. The Morgan fingerprint density at radius 2 is 2.55 bits per heavy atom. The molecule has 0 spiro atoms. The molecule has 0 heterocycles. The first-order valence-electron chi connectivity index (χ1n) is 3.06. The Balaban J connectivity index is 2.86. The van der Waals surface area contributed by atoms with Crippen LogP contribution in [0.15, 0.2) is 23.4 Å². The third kappa shape index (κ3) is 2.04. The van der Waals surface area contributed by atoms with Gasteiger partial charge in [0.15, 0.2) is 0 Å². The Bertz CT molecular complexity index is 260. The average Bonchev–Trinajstić information content (AvgIpc) is 2.03. The molecule has 0 aromatic heterocycles. The summed E-state index contributed by atoms with van der Waals surface area (Å²) in [6.45, 7) is 0. The van der Waals surface area contributed by atoms with E-state index in [2.05, 4.69) is 16.1 Å². The zero-order chi connectivity index (χ0) is 8.10. The molecule has 1 radical (unpaired) electrons. The second-order valence-electron chi connectivity index (χ2n) is 1.86. The summed E-state index contributed by atoms with van der Waals surface area (Å²) in [6.07, 6.45) is 1.30. The van der Waals surface area contributed by atoms with Crippen LogP contribution < -0.4 is 0 Å². The molecule has 11 heavy (non-hydrogen) atoms. The highest BCUT2D eigenvalue weighted by molar-refractivity contribution is 5.79. The van der Waals surface area contributed by atoms with Crippen molar-refractivity contribution in [2.24, 2.45) is 5.16 Å². The standard InChI is InChI=1S/C8H7FNO/c1-11-10-6-7-4-2-3-5-8(7)9/h3-6H,1H3/b10-6+. The minimum absolute atomic E-state index is 0.329. The maximum Gasteiger partial charge on any atom is 0.132 e. The molecule has 0 N–H and O–H groups in total. The van der Waals surface area contributed by atoms with Crippen LogP contribution in [0.25, 0.3) is 0 Å². The first-order valence-corrected chi connectivity index (χ1v) is 3.06. The van der Waals surface area contributed by atoms with E-state index in [-0.39, 0.29) is 5.82 Å². The minimum atomic E-state index is -0.329. The van der Waals surface area contributed by atoms with Crippen molar-refractivity contribution < 1.29 is 9.23 Å². The lowest BCUT2D eigenvalue weighted by Gasteiger charge is -1.92. The van der Waals surface area contributed by atoms with Gasteiger partial charge >= 0.3 is 0 Å². The molecule has 3 heteroatoms. The summed E-state index contributed by atoms with van der Waals surface area (Å²) in [5.74, 6) is -0.329. The molecule has 0 atom stereocenters. The van der Waals surface area contributed by atoms with Crippen LogP contribution >= 0.6 is 0 Å². The molecular formula is C8H7FNO. The van der Waals surface area contributed by atoms with E-state index in [4.69, 9.17) is 0 Å². The van der Waals surface area contributed by atoms with Gasteiger partial charge in [-0.05, 0) is 18.2 Å². The van der Waals surface area contributed by atoms with Crippen LogP contribution in [-0.2, 0) is 4.84 Å². The van der Waals surface area contributed by atoms with E-state index < -0.39 is 0 Å². The summed E-state index contributed by atoms with van der Waals surface area (Å²) in [5, 5.41) is 3.42. The number of rotatable bonds is 2. The first-order chi connectivity index (χ1) is 5.34. The number of hydrogen-bond donors (Lipinski definition) is 0. The maximum absolute atomic E-state index is 12.7. The second kappa shape index (κ2) is 3.71. The molecule has 0 fully saturated rings.